The summed E-state index contributed by atoms with van der Waals surface area (Å²) < 4.78 is 0. The lowest BCUT2D eigenvalue weighted by Gasteiger charge is -2.22. The molecule has 0 aliphatic rings. The van der Waals surface area contributed by atoms with Crippen molar-refractivity contribution in [3.63, 3.8) is 0 Å². The van der Waals surface area contributed by atoms with E-state index < -0.39 is 12.1 Å². The Hall–Kier alpha value is -0.610. The standard InChI is InChI=1S/C39H79NO3/c1-3-5-6-7-8-9-10-11-12-13-14-15-16-17-18-19-20-21-22-23-24-25-26-27-28-29-30-31-32-33-35-38(42)37(36-41)40-39(43)34-4-2/h37-38,41-42H,3-36H2,1-2H3,(H,40,43). The molecule has 0 radical (unpaired) electrons. The molecule has 1 amide bonds. The van der Waals surface area contributed by atoms with E-state index in [0.717, 1.165) is 19.3 Å². The monoisotopic (exact) mass is 610 g/mol. The summed E-state index contributed by atoms with van der Waals surface area (Å²) in [7, 11) is 0. The largest absolute Gasteiger partial charge is 0.394 e. The average Bonchev–Trinajstić information content (AvgIpc) is 3.00. The van der Waals surface area contributed by atoms with Crippen LogP contribution in [0.1, 0.15) is 226 Å². The number of hydrogen-bond donors (Lipinski definition) is 3. The van der Waals surface area contributed by atoms with E-state index in [0.29, 0.717) is 12.8 Å². The first-order valence-electron chi connectivity index (χ1n) is 19.7. The van der Waals surface area contributed by atoms with Gasteiger partial charge in [-0.2, -0.15) is 0 Å². The van der Waals surface area contributed by atoms with Crippen LogP contribution in [0.2, 0.25) is 0 Å². The molecule has 2 unspecified atom stereocenters. The van der Waals surface area contributed by atoms with E-state index >= 15 is 0 Å². The Morgan fingerprint density at radius 3 is 1.00 bits per heavy atom. The van der Waals surface area contributed by atoms with Gasteiger partial charge in [0.05, 0.1) is 18.8 Å². The van der Waals surface area contributed by atoms with Gasteiger partial charge in [0.25, 0.3) is 0 Å². The Labute approximate surface area is 270 Å². The summed E-state index contributed by atoms with van der Waals surface area (Å²) >= 11 is 0. The minimum atomic E-state index is -0.649. The highest BCUT2D eigenvalue weighted by atomic mass is 16.3. The molecule has 43 heavy (non-hydrogen) atoms. The van der Waals surface area contributed by atoms with E-state index in [1.165, 1.54) is 180 Å². The summed E-state index contributed by atoms with van der Waals surface area (Å²) in [4.78, 5) is 11.7. The highest BCUT2D eigenvalue weighted by molar-refractivity contribution is 5.76. The van der Waals surface area contributed by atoms with Gasteiger partial charge in [-0.1, -0.05) is 206 Å². The molecule has 258 valence electrons. The molecular weight excluding hydrogens is 530 g/mol. The lowest BCUT2D eigenvalue weighted by atomic mass is 10.0. The number of unbranched alkanes of at least 4 members (excludes halogenated alkanes) is 29. The summed E-state index contributed by atoms with van der Waals surface area (Å²) in [5, 5.41) is 22.5. The van der Waals surface area contributed by atoms with E-state index in [1.54, 1.807) is 0 Å². The maximum Gasteiger partial charge on any atom is 0.220 e. The zero-order valence-electron chi connectivity index (χ0n) is 29.5. The molecule has 0 saturated heterocycles. The number of nitrogens with one attached hydrogen (secondary N) is 1. The van der Waals surface area contributed by atoms with Gasteiger partial charge in [-0.3, -0.25) is 4.79 Å². The molecule has 0 fully saturated rings. The summed E-state index contributed by atoms with van der Waals surface area (Å²) in [5.41, 5.74) is 0. The van der Waals surface area contributed by atoms with E-state index in [9.17, 15) is 15.0 Å². The van der Waals surface area contributed by atoms with Crippen LogP contribution in [0.15, 0.2) is 0 Å². The summed E-state index contributed by atoms with van der Waals surface area (Å²) in [6.07, 6.45) is 43.2. The number of amides is 1. The van der Waals surface area contributed by atoms with Crippen LogP contribution in [0.25, 0.3) is 0 Å². The molecule has 0 spiro atoms. The topological polar surface area (TPSA) is 69.6 Å². The zero-order valence-corrected chi connectivity index (χ0v) is 29.5. The van der Waals surface area contributed by atoms with Crippen molar-refractivity contribution in [2.45, 2.75) is 238 Å². The second-order valence-corrected chi connectivity index (χ2v) is 13.7. The zero-order chi connectivity index (χ0) is 31.5. The van der Waals surface area contributed by atoms with Crippen molar-refractivity contribution in [1.82, 2.24) is 5.32 Å². The molecule has 0 aromatic rings. The molecule has 4 nitrogen and oxygen atoms in total. The highest BCUT2D eigenvalue weighted by Crippen LogP contribution is 2.17. The second-order valence-electron chi connectivity index (χ2n) is 13.7. The number of rotatable bonds is 36. The van der Waals surface area contributed by atoms with Crippen LogP contribution in [0.4, 0.5) is 0 Å². The van der Waals surface area contributed by atoms with Crippen molar-refractivity contribution in [3.05, 3.63) is 0 Å². The van der Waals surface area contributed by atoms with Crippen LogP contribution in [0.5, 0.6) is 0 Å². The molecule has 0 aliphatic carbocycles. The molecule has 4 heteroatoms. The fourth-order valence-corrected chi connectivity index (χ4v) is 6.35. The van der Waals surface area contributed by atoms with Crippen molar-refractivity contribution in [1.29, 1.82) is 0 Å². The number of aliphatic hydroxyl groups is 2. The fourth-order valence-electron chi connectivity index (χ4n) is 6.35. The predicted molar refractivity (Wildman–Crippen MR) is 189 cm³/mol. The van der Waals surface area contributed by atoms with Gasteiger partial charge < -0.3 is 15.5 Å². The molecule has 0 aromatic carbocycles. The lowest BCUT2D eigenvalue weighted by Crippen LogP contribution is -2.45. The van der Waals surface area contributed by atoms with Crippen molar-refractivity contribution in [2.24, 2.45) is 0 Å². The predicted octanol–water partition coefficient (Wildman–Crippen LogP) is 11.7. The summed E-state index contributed by atoms with van der Waals surface area (Å²) in [6, 6.07) is -0.525. The van der Waals surface area contributed by atoms with Gasteiger partial charge in [0, 0.05) is 6.42 Å². The van der Waals surface area contributed by atoms with Crippen molar-refractivity contribution in [3.8, 4) is 0 Å². The van der Waals surface area contributed by atoms with Gasteiger partial charge >= 0.3 is 0 Å². The van der Waals surface area contributed by atoms with Crippen molar-refractivity contribution in [2.75, 3.05) is 6.61 Å². The minimum absolute atomic E-state index is 0.0821. The first-order chi connectivity index (χ1) is 21.2. The van der Waals surface area contributed by atoms with Crippen LogP contribution in [0, 0.1) is 0 Å². The fraction of sp³-hybridized carbons (Fsp3) is 0.974. The second kappa shape index (κ2) is 35.9. The SMILES string of the molecule is CCCCCCCCCCCCCCCCCCCCCCCCCCCCCCCCC(O)C(CO)NC(=O)CCC. The smallest absolute Gasteiger partial charge is 0.220 e. The van der Waals surface area contributed by atoms with Crippen LogP contribution >= 0.6 is 0 Å². The van der Waals surface area contributed by atoms with Gasteiger partial charge in [-0.25, -0.2) is 0 Å². The molecule has 0 heterocycles. The third-order valence-electron chi connectivity index (χ3n) is 9.34. The molecule has 0 saturated carbocycles. The van der Waals surface area contributed by atoms with Crippen LogP contribution in [-0.2, 0) is 4.79 Å². The van der Waals surface area contributed by atoms with Crippen LogP contribution in [-0.4, -0.2) is 34.9 Å². The van der Waals surface area contributed by atoms with Gasteiger partial charge in [-0.15, -0.1) is 0 Å². The normalized spacial score (nSPS) is 12.9. The van der Waals surface area contributed by atoms with Gasteiger partial charge in [-0.05, 0) is 12.8 Å². The van der Waals surface area contributed by atoms with E-state index in [2.05, 4.69) is 12.2 Å². The van der Waals surface area contributed by atoms with Gasteiger partial charge in [0.2, 0.25) is 5.91 Å². The lowest BCUT2D eigenvalue weighted by molar-refractivity contribution is -0.123. The quantitative estimate of drug-likeness (QED) is 0.0619. The summed E-state index contributed by atoms with van der Waals surface area (Å²) in [5.74, 6) is -0.0821. The Morgan fingerprint density at radius 1 is 0.465 bits per heavy atom. The van der Waals surface area contributed by atoms with Gasteiger partial charge in [0.15, 0.2) is 0 Å². The Bertz CT molecular complexity index is 541. The Morgan fingerprint density at radius 2 is 0.744 bits per heavy atom. The molecule has 2 atom stereocenters. The molecule has 0 aromatic heterocycles. The third kappa shape index (κ3) is 32.6. The molecule has 0 rings (SSSR count). The molecule has 0 aliphatic heterocycles. The number of carbonyl (C=O) groups excluding carboxylic acids is 1. The molecular formula is C39H79NO3. The minimum Gasteiger partial charge on any atom is -0.394 e. The van der Waals surface area contributed by atoms with Crippen molar-refractivity contribution >= 4 is 5.91 Å². The number of carbonyl (C=O) groups is 1. The average molecular weight is 610 g/mol. The molecule has 0 bridgehead atoms. The first-order valence-corrected chi connectivity index (χ1v) is 19.7. The van der Waals surface area contributed by atoms with E-state index in [4.69, 9.17) is 0 Å². The number of aliphatic hydroxyl groups excluding tert-OH is 2. The van der Waals surface area contributed by atoms with E-state index in [1.807, 2.05) is 6.92 Å². The first kappa shape index (κ1) is 42.4. The third-order valence-corrected chi connectivity index (χ3v) is 9.34. The van der Waals surface area contributed by atoms with Crippen LogP contribution in [0.3, 0.4) is 0 Å². The van der Waals surface area contributed by atoms with Gasteiger partial charge in [0.1, 0.15) is 0 Å². The van der Waals surface area contributed by atoms with Crippen LogP contribution < -0.4 is 5.32 Å². The number of hydrogen-bond acceptors (Lipinski definition) is 3. The Kier molecular flexibility index (Phi) is 35.4. The maximum absolute atomic E-state index is 11.7. The van der Waals surface area contributed by atoms with E-state index in [-0.39, 0.29) is 12.5 Å². The summed E-state index contributed by atoms with van der Waals surface area (Å²) in [6.45, 7) is 4.05. The highest BCUT2D eigenvalue weighted by Gasteiger charge is 2.19. The van der Waals surface area contributed by atoms with Crippen molar-refractivity contribution < 1.29 is 15.0 Å². The molecule has 3 N–H and O–H groups in total. The Balaban J connectivity index is 3.21. The maximum atomic E-state index is 11.7.